The van der Waals surface area contributed by atoms with Crippen LogP contribution in [0.5, 0.6) is 0 Å². The van der Waals surface area contributed by atoms with Gasteiger partial charge in [-0.3, -0.25) is 0 Å². The van der Waals surface area contributed by atoms with Gasteiger partial charge >= 0.3 is 0 Å². The fourth-order valence-corrected chi connectivity index (χ4v) is 9.02. The summed E-state index contributed by atoms with van der Waals surface area (Å²) < 4.78 is 7.28. The molecular formula is C52H43N3. The molecule has 0 atom stereocenters. The number of fused-ring (bicyclic) bond motifs is 6. The molecule has 10 rings (SSSR count). The highest BCUT2D eigenvalue weighted by Crippen LogP contribution is 2.42. The summed E-state index contributed by atoms with van der Waals surface area (Å²) >= 11 is 0. The molecule has 0 aliphatic carbocycles. The van der Waals surface area contributed by atoms with Gasteiger partial charge in [0.15, 0.2) is 0 Å². The number of para-hydroxylation sites is 5. The van der Waals surface area contributed by atoms with Crippen molar-refractivity contribution in [3.63, 3.8) is 0 Å². The minimum absolute atomic E-state index is 0.288. The number of hydrogen-bond donors (Lipinski definition) is 0. The van der Waals surface area contributed by atoms with Crippen molar-refractivity contribution in [3.05, 3.63) is 211 Å². The Balaban J connectivity index is 1.05. The highest BCUT2D eigenvalue weighted by atomic mass is 15.0. The average Bonchev–Trinajstić information content (AvgIpc) is 3.93. The van der Waals surface area contributed by atoms with E-state index in [1.54, 1.807) is 0 Å². The summed E-state index contributed by atoms with van der Waals surface area (Å²) in [6.07, 6.45) is 0. The van der Waals surface area contributed by atoms with Gasteiger partial charge in [-0.1, -0.05) is 143 Å². The zero-order valence-corrected chi connectivity index (χ0v) is 31.7. The van der Waals surface area contributed by atoms with Crippen LogP contribution in [0.1, 0.15) is 50.2 Å². The van der Waals surface area contributed by atoms with Crippen LogP contribution in [-0.4, -0.2) is 13.7 Å². The molecule has 0 fully saturated rings. The predicted octanol–water partition coefficient (Wildman–Crippen LogP) is 13.3. The molecule has 0 aliphatic rings. The molecule has 3 heteroatoms. The minimum Gasteiger partial charge on any atom is -0.316 e. The molecule has 55 heavy (non-hydrogen) atoms. The molecule has 0 N–H and O–H groups in total. The first kappa shape index (κ1) is 33.0. The van der Waals surface area contributed by atoms with Crippen LogP contribution in [-0.2, 0) is 10.8 Å². The van der Waals surface area contributed by atoms with Crippen molar-refractivity contribution in [3.8, 4) is 17.1 Å². The van der Waals surface area contributed by atoms with Gasteiger partial charge < -0.3 is 13.7 Å². The Morgan fingerprint density at radius 3 is 0.909 bits per heavy atom. The van der Waals surface area contributed by atoms with Crippen molar-refractivity contribution in [2.24, 2.45) is 0 Å². The van der Waals surface area contributed by atoms with Gasteiger partial charge in [-0.05, 0) is 83.9 Å². The molecule has 3 heterocycles. The number of aromatic nitrogens is 3. The van der Waals surface area contributed by atoms with Crippen LogP contribution in [0.15, 0.2) is 188 Å². The fraction of sp³-hybridized carbons (Fsp3) is 0.115. The van der Waals surface area contributed by atoms with Crippen LogP contribution < -0.4 is 0 Å². The predicted molar refractivity (Wildman–Crippen MR) is 232 cm³/mol. The van der Waals surface area contributed by atoms with E-state index >= 15 is 0 Å². The molecule has 0 unspecified atom stereocenters. The smallest absolute Gasteiger partial charge is 0.0541 e. The Bertz CT molecular complexity index is 2710. The van der Waals surface area contributed by atoms with Gasteiger partial charge in [-0.15, -0.1) is 0 Å². The molecule has 0 aliphatic heterocycles. The summed E-state index contributed by atoms with van der Waals surface area (Å²) in [6, 6.07) is 68.8. The highest BCUT2D eigenvalue weighted by Gasteiger charge is 2.34. The first-order valence-corrected chi connectivity index (χ1v) is 19.3. The van der Waals surface area contributed by atoms with Crippen LogP contribution >= 0.6 is 0 Å². The van der Waals surface area contributed by atoms with E-state index in [1.807, 2.05) is 0 Å². The lowest BCUT2D eigenvalue weighted by Crippen LogP contribution is -2.28. The number of hydrogen-bond acceptors (Lipinski definition) is 0. The second kappa shape index (κ2) is 12.5. The minimum atomic E-state index is -0.288. The summed E-state index contributed by atoms with van der Waals surface area (Å²) in [4.78, 5) is 0. The van der Waals surface area contributed by atoms with E-state index in [-0.39, 0.29) is 10.8 Å². The molecule has 0 saturated heterocycles. The zero-order chi connectivity index (χ0) is 37.3. The summed E-state index contributed by atoms with van der Waals surface area (Å²) in [7, 11) is 0. The normalized spacial score (nSPS) is 12.4. The van der Waals surface area contributed by atoms with Crippen molar-refractivity contribution in [1.82, 2.24) is 13.7 Å². The summed E-state index contributed by atoms with van der Waals surface area (Å²) in [5.41, 5.74) is 12.9. The Morgan fingerprint density at radius 2 is 0.564 bits per heavy atom. The lowest BCUT2D eigenvalue weighted by atomic mass is 9.80. The van der Waals surface area contributed by atoms with Gasteiger partial charge in [-0.25, -0.2) is 0 Å². The molecule has 0 spiro atoms. The number of nitrogens with zero attached hydrogens (tertiary/aromatic N) is 3. The molecule has 0 bridgehead atoms. The first-order valence-electron chi connectivity index (χ1n) is 19.3. The molecule has 3 nitrogen and oxygen atoms in total. The van der Waals surface area contributed by atoms with E-state index in [4.69, 9.17) is 0 Å². The Kier molecular flexibility index (Phi) is 7.50. The third-order valence-corrected chi connectivity index (χ3v) is 12.0. The molecule has 3 aromatic heterocycles. The standard InChI is InChI=1S/C52H43N3/c1-51(2,36-26-30-39(31-27-36)53-45-22-12-8-18-41(45)42-19-9-13-23-46(42)53)49-34-35-50(55(49)38-16-6-5-7-17-38)52(3,4)37-28-32-40(33-29-37)54-47-24-14-10-20-43(47)44-21-11-15-25-48(44)54/h5-35H,1-4H3. The highest BCUT2D eigenvalue weighted by molar-refractivity contribution is 6.10. The van der Waals surface area contributed by atoms with Crippen molar-refractivity contribution in [2.75, 3.05) is 0 Å². The summed E-state index contributed by atoms with van der Waals surface area (Å²) in [5, 5.41) is 5.11. The van der Waals surface area contributed by atoms with E-state index in [2.05, 4.69) is 229 Å². The van der Waals surface area contributed by atoms with Crippen LogP contribution in [0, 0.1) is 0 Å². The second-order valence-corrected chi connectivity index (χ2v) is 15.9. The second-order valence-electron chi connectivity index (χ2n) is 15.9. The van der Waals surface area contributed by atoms with E-state index in [0.717, 1.165) is 0 Å². The van der Waals surface area contributed by atoms with E-state index < -0.39 is 0 Å². The van der Waals surface area contributed by atoms with Gasteiger partial charge in [0.05, 0.1) is 22.1 Å². The summed E-state index contributed by atoms with van der Waals surface area (Å²) in [6.45, 7) is 9.42. The average molecular weight is 710 g/mol. The third kappa shape index (κ3) is 5.11. The molecule has 0 amide bonds. The molecule has 266 valence electrons. The number of benzene rings is 7. The Labute approximate surface area is 322 Å². The third-order valence-electron chi connectivity index (χ3n) is 12.0. The quantitative estimate of drug-likeness (QED) is 0.156. The van der Waals surface area contributed by atoms with Crippen molar-refractivity contribution < 1.29 is 0 Å². The first-order chi connectivity index (χ1) is 26.8. The van der Waals surface area contributed by atoms with E-state index in [0.29, 0.717) is 0 Å². The van der Waals surface area contributed by atoms with Gasteiger partial charge in [-0.2, -0.15) is 0 Å². The molecule has 10 aromatic rings. The maximum absolute atomic E-state index is 2.50. The molecule has 0 radical (unpaired) electrons. The largest absolute Gasteiger partial charge is 0.316 e. The van der Waals surface area contributed by atoms with Crippen molar-refractivity contribution in [2.45, 2.75) is 38.5 Å². The molecule has 7 aromatic carbocycles. The topological polar surface area (TPSA) is 14.8 Å². The van der Waals surface area contributed by atoms with Gasteiger partial charge in [0, 0.05) is 60.8 Å². The fourth-order valence-electron chi connectivity index (χ4n) is 9.02. The van der Waals surface area contributed by atoms with Crippen molar-refractivity contribution >= 4 is 43.6 Å². The van der Waals surface area contributed by atoms with Crippen LogP contribution in [0.4, 0.5) is 0 Å². The zero-order valence-electron chi connectivity index (χ0n) is 31.7. The van der Waals surface area contributed by atoms with Gasteiger partial charge in [0.2, 0.25) is 0 Å². The Morgan fingerprint density at radius 1 is 0.273 bits per heavy atom. The van der Waals surface area contributed by atoms with E-state index in [9.17, 15) is 0 Å². The summed E-state index contributed by atoms with van der Waals surface area (Å²) in [5.74, 6) is 0. The monoisotopic (exact) mass is 709 g/mol. The molecular weight excluding hydrogens is 667 g/mol. The lowest BCUT2D eigenvalue weighted by molar-refractivity contribution is 0.559. The maximum atomic E-state index is 2.50. The number of rotatable bonds is 7. The molecule has 0 saturated carbocycles. The van der Waals surface area contributed by atoms with Crippen molar-refractivity contribution in [1.29, 1.82) is 0 Å². The van der Waals surface area contributed by atoms with Crippen LogP contribution in [0.25, 0.3) is 60.7 Å². The van der Waals surface area contributed by atoms with Crippen LogP contribution in [0.3, 0.4) is 0 Å². The van der Waals surface area contributed by atoms with Gasteiger partial charge in [0.25, 0.3) is 0 Å². The maximum Gasteiger partial charge on any atom is 0.0541 e. The van der Waals surface area contributed by atoms with Gasteiger partial charge in [0.1, 0.15) is 0 Å². The lowest BCUT2D eigenvalue weighted by Gasteiger charge is -2.32. The Hall–Kier alpha value is -6.58. The SMILES string of the molecule is CC(C)(c1ccc(-n2c3ccccc3c3ccccc32)cc1)c1ccc(C(C)(C)c2ccc(-n3c4ccccc4c4ccccc43)cc2)n1-c1ccccc1. The van der Waals surface area contributed by atoms with E-state index in [1.165, 1.54) is 83.2 Å². The van der Waals surface area contributed by atoms with Crippen LogP contribution in [0.2, 0.25) is 0 Å².